The number of nitrogens with zero attached hydrogens (tertiary/aromatic N) is 2. The lowest BCUT2D eigenvalue weighted by Crippen LogP contribution is -2.62. The molecule has 0 saturated carbocycles. The molecule has 0 aliphatic carbocycles. The number of rotatable bonds is 4. The molecule has 2 amide bonds. The van der Waals surface area contributed by atoms with Gasteiger partial charge in [-0.1, -0.05) is 13.0 Å². The van der Waals surface area contributed by atoms with E-state index in [2.05, 4.69) is 23.3 Å². The molecule has 2 aliphatic heterocycles. The molecular formula is C21H25N3O3. The zero-order chi connectivity index (χ0) is 18.8. The number of hydrogen-bond acceptors (Lipinski definition) is 4. The lowest BCUT2D eigenvalue weighted by atomic mass is 9.96. The van der Waals surface area contributed by atoms with E-state index < -0.39 is 0 Å². The van der Waals surface area contributed by atoms with E-state index in [4.69, 9.17) is 4.74 Å². The summed E-state index contributed by atoms with van der Waals surface area (Å²) in [5.74, 6) is 0.158. The predicted molar refractivity (Wildman–Crippen MR) is 102 cm³/mol. The number of likely N-dealkylation sites (tertiary alicyclic amines) is 1. The summed E-state index contributed by atoms with van der Waals surface area (Å²) in [6.07, 6.45) is 4.17. The van der Waals surface area contributed by atoms with E-state index in [1.807, 2.05) is 23.1 Å². The molecule has 0 spiro atoms. The number of pyridine rings is 1. The van der Waals surface area contributed by atoms with Crippen molar-refractivity contribution in [3.63, 3.8) is 0 Å². The second-order valence-corrected chi connectivity index (χ2v) is 7.37. The van der Waals surface area contributed by atoms with Crippen LogP contribution in [0.4, 0.5) is 0 Å². The fourth-order valence-corrected chi connectivity index (χ4v) is 3.85. The first-order valence-corrected chi connectivity index (χ1v) is 9.70. The summed E-state index contributed by atoms with van der Waals surface area (Å²) in [4.78, 5) is 31.6. The van der Waals surface area contributed by atoms with E-state index >= 15 is 0 Å². The third kappa shape index (κ3) is 3.67. The van der Waals surface area contributed by atoms with Crippen LogP contribution in [0.3, 0.4) is 0 Å². The number of carbonyl (C=O) groups excluding carboxylic acids is 2. The maximum atomic E-state index is 12.8. The fraction of sp³-hybridized carbons (Fsp3) is 0.476. The second-order valence-electron chi connectivity index (χ2n) is 7.37. The quantitative estimate of drug-likeness (QED) is 0.899. The number of nitrogens with one attached hydrogen (secondary N) is 1. The number of aromatic nitrogens is 1. The van der Waals surface area contributed by atoms with Crippen LogP contribution in [0, 0.1) is 5.92 Å². The summed E-state index contributed by atoms with van der Waals surface area (Å²) in [6.45, 7) is 4.57. The van der Waals surface area contributed by atoms with Crippen LogP contribution < -0.4 is 5.32 Å². The van der Waals surface area contributed by atoms with Gasteiger partial charge in [0.2, 0.25) is 5.91 Å². The van der Waals surface area contributed by atoms with Gasteiger partial charge in [-0.05, 0) is 43.0 Å². The molecule has 0 atom stereocenters. The third-order valence-corrected chi connectivity index (χ3v) is 5.52. The molecule has 6 nitrogen and oxygen atoms in total. The minimum absolute atomic E-state index is 0.00494. The Morgan fingerprint density at radius 1 is 1.26 bits per heavy atom. The van der Waals surface area contributed by atoms with Crippen LogP contribution >= 0.6 is 0 Å². The Labute approximate surface area is 158 Å². The highest BCUT2D eigenvalue weighted by molar-refractivity contribution is 6.06. The van der Waals surface area contributed by atoms with Gasteiger partial charge in [0.1, 0.15) is 0 Å². The van der Waals surface area contributed by atoms with Crippen molar-refractivity contribution in [3.8, 4) is 0 Å². The highest BCUT2D eigenvalue weighted by atomic mass is 16.5. The maximum absolute atomic E-state index is 12.8. The van der Waals surface area contributed by atoms with Crippen molar-refractivity contribution >= 4 is 22.7 Å². The zero-order valence-corrected chi connectivity index (χ0v) is 15.6. The van der Waals surface area contributed by atoms with Gasteiger partial charge >= 0.3 is 0 Å². The number of ether oxygens (including phenoxy) is 1. The average molecular weight is 367 g/mol. The van der Waals surface area contributed by atoms with E-state index in [0.717, 1.165) is 35.7 Å². The van der Waals surface area contributed by atoms with Gasteiger partial charge in [-0.25, -0.2) is 0 Å². The van der Waals surface area contributed by atoms with Crippen molar-refractivity contribution in [3.05, 3.63) is 41.6 Å². The Hall–Kier alpha value is -2.47. The van der Waals surface area contributed by atoms with Crippen molar-refractivity contribution in [2.45, 2.75) is 32.2 Å². The molecule has 0 bridgehead atoms. The number of hydrogen-bond donors (Lipinski definition) is 1. The first-order chi connectivity index (χ1) is 13.2. The largest absolute Gasteiger partial charge is 0.381 e. The van der Waals surface area contributed by atoms with Crippen LogP contribution in [0.15, 0.2) is 30.5 Å². The Balaban J connectivity index is 1.41. The van der Waals surface area contributed by atoms with Crippen LogP contribution in [-0.2, 0) is 16.0 Å². The lowest BCUT2D eigenvalue weighted by Gasteiger charge is -2.41. The zero-order valence-electron chi connectivity index (χ0n) is 15.6. The van der Waals surface area contributed by atoms with Gasteiger partial charge in [0, 0.05) is 43.8 Å². The fourth-order valence-electron chi connectivity index (χ4n) is 3.85. The summed E-state index contributed by atoms with van der Waals surface area (Å²) in [7, 11) is 0. The minimum atomic E-state index is -0.114. The van der Waals surface area contributed by atoms with Crippen LogP contribution in [0.25, 0.3) is 10.9 Å². The molecule has 2 aromatic rings. The Morgan fingerprint density at radius 2 is 2.04 bits per heavy atom. The molecule has 2 saturated heterocycles. The molecular weight excluding hydrogens is 342 g/mol. The number of fused-ring (bicyclic) bond motifs is 1. The topological polar surface area (TPSA) is 71.5 Å². The number of amides is 2. The molecule has 1 aromatic heterocycles. The number of benzene rings is 1. The predicted octanol–water partition coefficient (Wildman–Crippen LogP) is 2.16. The smallest absolute Gasteiger partial charge is 0.253 e. The average Bonchev–Trinajstić information content (AvgIpc) is 2.69. The van der Waals surface area contributed by atoms with Gasteiger partial charge in [0.05, 0.1) is 17.1 Å². The van der Waals surface area contributed by atoms with Crippen molar-refractivity contribution in [1.29, 1.82) is 0 Å². The summed E-state index contributed by atoms with van der Waals surface area (Å²) >= 11 is 0. The number of aryl methyl sites for hydroxylation is 1. The Kier molecular flexibility index (Phi) is 5.07. The van der Waals surface area contributed by atoms with Gasteiger partial charge in [-0.3, -0.25) is 14.6 Å². The normalized spacial score (nSPS) is 18.3. The molecule has 27 heavy (non-hydrogen) atoms. The molecule has 4 rings (SSSR count). The van der Waals surface area contributed by atoms with Gasteiger partial charge in [0.15, 0.2) is 0 Å². The standard InChI is InChI=1S/C21H25N3O3/c1-2-14-10-16-4-3-7-22-19(16)18(11-14)20(25)23-17-12-24(13-17)21(26)15-5-8-27-9-6-15/h3-4,7,10-11,15,17H,2,5-6,8-9,12-13H2,1H3,(H,23,25). The molecule has 2 aliphatic rings. The SMILES string of the molecule is CCc1cc(C(=O)NC2CN(C(=O)C3CCOCC3)C2)c2ncccc2c1. The van der Waals surface area contributed by atoms with Crippen LogP contribution in [0.2, 0.25) is 0 Å². The monoisotopic (exact) mass is 367 g/mol. The highest BCUT2D eigenvalue weighted by Gasteiger charge is 2.36. The Morgan fingerprint density at radius 3 is 2.78 bits per heavy atom. The van der Waals surface area contributed by atoms with Crippen molar-refractivity contribution in [2.24, 2.45) is 5.92 Å². The summed E-state index contributed by atoms with van der Waals surface area (Å²) in [5.41, 5.74) is 2.45. The van der Waals surface area contributed by atoms with E-state index in [9.17, 15) is 9.59 Å². The van der Waals surface area contributed by atoms with Crippen LogP contribution in [-0.4, -0.2) is 54.0 Å². The van der Waals surface area contributed by atoms with Crippen LogP contribution in [0.5, 0.6) is 0 Å². The van der Waals surface area contributed by atoms with Crippen LogP contribution in [0.1, 0.15) is 35.7 Å². The molecule has 142 valence electrons. The molecule has 0 radical (unpaired) electrons. The van der Waals surface area contributed by atoms with Crippen molar-refractivity contribution < 1.29 is 14.3 Å². The summed E-state index contributed by atoms with van der Waals surface area (Å²) in [5, 5.41) is 4.05. The van der Waals surface area contributed by atoms with Gasteiger partial charge < -0.3 is 15.0 Å². The molecule has 0 unspecified atom stereocenters. The molecule has 1 N–H and O–H groups in total. The first kappa shape index (κ1) is 17.9. The van der Waals surface area contributed by atoms with Gasteiger partial charge in [-0.15, -0.1) is 0 Å². The Bertz CT molecular complexity index is 855. The van der Waals surface area contributed by atoms with E-state index in [0.29, 0.717) is 31.9 Å². The van der Waals surface area contributed by atoms with Gasteiger partial charge in [0.25, 0.3) is 5.91 Å². The maximum Gasteiger partial charge on any atom is 0.253 e. The summed E-state index contributed by atoms with van der Waals surface area (Å²) < 4.78 is 5.32. The van der Waals surface area contributed by atoms with Crippen molar-refractivity contribution in [2.75, 3.05) is 26.3 Å². The number of carbonyl (C=O) groups is 2. The first-order valence-electron chi connectivity index (χ1n) is 9.70. The summed E-state index contributed by atoms with van der Waals surface area (Å²) in [6, 6.07) is 7.88. The molecule has 1 aromatic carbocycles. The van der Waals surface area contributed by atoms with E-state index in [1.54, 1.807) is 6.20 Å². The van der Waals surface area contributed by atoms with E-state index in [-0.39, 0.29) is 23.8 Å². The molecule has 2 fully saturated rings. The van der Waals surface area contributed by atoms with Crippen molar-refractivity contribution in [1.82, 2.24) is 15.2 Å². The highest BCUT2D eigenvalue weighted by Crippen LogP contribution is 2.23. The third-order valence-electron chi connectivity index (χ3n) is 5.52. The minimum Gasteiger partial charge on any atom is -0.381 e. The van der Waals surface area contributed by atoms with Gasteiger partial charge in [-0.2, -0.15) is 0 Å². The molecule has 6 heteroatoms. The molecule has 3 heterocycles. The van der Waals surface area contributed by atoms with E-state index in [1.165, 1.54) is 0 Å². The second kappa shape index (κ2) is 7.64. The lowest BCUT2D eigenvalue weighted by molar-refractivity contribution is -0.143.